The third-order valence-corrected chi connectivity index (χ3v) is 5.04. The lowest BCUT2D eigenvalue weighted by atomic mass is 10.1. The molecule has 24 heavy (non-hydrogen) atoms. The van der Waals surface area contributed by atoms with Gasteiger partial charge in [0.15, 0.2) is 5.82 Å². The van der Waals surface area contributed by atoms with Gasteiger partial charge in [-0.3, -0.25) is 4.79 Å². The van der Waals surface area contributed by atoms with Crippen molar-refractivity contribution in [3.8, 4) is 0 Å². The van der Waals surface area contributed by atoms with Crippen LogP contribution in [0.2, 0.25) is 0 Å². The summed E-state index contributed by atoms with van der Waals surface area (Å²) in [6, 6.07) is 7.16. The number of fused-ring (bicyclic) bond motifs is 1. The molecule has 1 fully saturated rings. The first-order valence-electron chi connectivity index (χ1n) is 8.33. The van der Waals surface area contributed by atoms with Crippen LogP contribution < -0.4 is 10.5 Å². The van der Waals surface area contributed by atoms with E-state index in [0.717, 1.165) is 36.9 Å². The number of carboxylic acid groups (broad SMARTS) is 1. The Labute approximate surface area is 139 Å². The van der Waals surface area contributed by atoms with Gasteiger partial charge in [0.1, 0.15) is 6.04 Å². The Morgan fingerprint density at radius 1 is 1.21 bits per heavy atom. The summed E-state index contributed by atoms with van der Waals surface area (Å²) in [7, 11) is 0. The minimum Gasteiger partial charge on any atom is -0.480 e. The molecule has 6 heteroatoms. The quantitative estimate of drug-likeness (QED) is 0.938. The molecule has 1 atom stereocenters. The number of carboxylic acids is 1. The van der Waals surface area contributed by atoms with Gasteiger partial charge in [0.25, 0.3) is 5.56 Å². The predicted molar refractivity (Wildman–Crippen MR) is 89.7 cm³/mol. The highest BCUT2D eigenvalue weighted by Crippen LogP contribution is 2.37. The Hall–Kier alpha value is -2.63. The number of benzene rings is 1. The highest BCUT2D eigenvalue weighted by atomic mass is 16.4. The van der Waals surface area contributed by atoms with Gasteiger partial charge in [0.05, 0.1) is 12.4 Å². The third kappa shape index (κ3) is 2.38. The van der Waals surface area contributed by atoms with Crippen molar-refractivity contribution in [2.24, 2.45) is 0 Å². The van der Waals surface area contributed by atoms with Crippen molar-refractivity contribution in [2.75, 3.05) is 4.90 Å². The van der Waals surface area contributed by atoms with Crippen LogP contribution in [-0.4, -0.2) is 26.7 Å². The molecule has 0 bridgehead atoms. The highest BCUT2D eigenvalue weighted by molar-refractivity contribution is 5.86. The van der Waals surface area contributed by atoms with Gasteiger partial charge in [-0.25, -0.2) is 9.78 Å². The Bertz CT molecular complexity index is 839. The lowest BCUT2D eigenvalue weighted by molar-refractivity contribution is -0.138. The highest BCUT2D eigenvalue weighted by Gasteiger charge is 2.36. The fourth-order valence-corrected chi connectivity index (χ4v) is 3.87. The standard InChI is InChI=1S/C18H19N3O3/c22-17-10-19-16(11-20(17)13-6-2-3-7-13)21-14-8-4-1-5-12(14)9-15(21)18(23)24/h1,4-5,8,10-11,13,15H,2-3,6-7,9H2,(H,23,24)/t15-/m0/s1. The van der Waals surface area contributed by atoms with Gasteiger partial charge in [-0.15, -0.1) is 0 Å². The van der Waals surface area contributed by atoms with E-state index >= 15 is 0 Å². The number of hydrogen-bond donors (Lipinski definition) is 1. The Morgan fingerprint density at radius 3 is 2.71 bits per heavy atom. The second-order valence-corrected chi connectivity index (χ2v) is 6.49. The summed E-state index contributed by atoms with van der Waals surface area (Å²) in [6.45, 7) is 0. The maximum atomic E-state index is 12.2. The Balaban J connectivity index is 1.80. The molecule has 1 saturated carbocycles. The summed E-state index contributed by atoms with van der Waals surface area (Å²) in [5.74, 6) is -0.356. The predicted octanol–water partition coefficient (Wildman–Crippen LogP) is 2.51. The molecule has 1 aliphatic carbocycles. The van der Waals surface area contributed by atoms with Gasteiger partial charge < -0.3 is 14.6 Å². The zero-order chi connectivity index (χ0) is 16.7. The summed E-state index contributed by atoms with van der Waals surface area (Å²) in [6.07, 6.45) is 7.71. The molecule has 0 spiro atoms. The summed E-state index contributed by atoms with van der Waals surface area (Å²) < 4.78 is 1.73. The summed E-state index contributed by atoms with van der Waals surface area (Å²) in [5.41, 5.74) is 1.73. The third-order valence-electron chi connectivity index (χ3n) is 5.04. The van der Waals surface area contributed by atoms with Crippen LogP contribution in [0, 0.1) is 0 Å². The fourth-order valence-electron chi connectivity index (χ4n) is 3.87. The molecule has 0 unspecified atom stereocenters. The van der Waals surface area contributed by atoms with E-state index in [1.54, 1.807) is 15.7 Å². The monoisotopic (exact) mass is 325 g/mol. The molecule has 0 saturated heterocycles. The molecule has 2 aromatic rings. The molecule has 1 aromatic carbocycles. The van der Waals surface area contributed by atoms with Crippen LogP contribution in [0.1, 0.15) is 37.3 Å². The van der Waals surface area contributed by atoms with Crippen LogP contribution in [0.25, 0.3) is 0 Å². The second kappa shape index (κ2) is 5.78. The fraction of sp³-hybridized carbons (Fsp3) is 0.389. The lowest BCUT2D eigenvalue weighted by Crippen LogP contribution is -2.36. The molecular formula is C18H19N3O3. The van der Waals surface area contributed by atoms with Crippen LogP contribution in [0.15, 0.2) is 41.5 Å². The number of carbonyl (C=O) groups is 1. The van der Waals surface area contributed by atoms with E-state index in [-0.39, 0.29) is 11.6 Å². The maximum Gasteiger partial charge on any atom is 0.327 e. The van der Waals surface area contributed by atoms with E-state index < -0.39 is 12.0 Å². The van der Waals surface area contributed by atoms with Crippen molar-refractivity contribution in [3.63, 3.8) is 0 Å². The first kappa shape index (κ1) is 14.9. The van der Waals surface area contributed by atoms with E-state index in [2.05, 4.69) is 4.98 Å². The number of para-hydroxylation sites is 1. The molecule has 0 radical (unpaired) electrons. The van der Waals surface area contributed by atoms with Gasteiger partial charge in [0, 0.05) is 18.2 Å². The van der Waals surface area contributed by atoms with Crippen LogP contribution in [-0.2, 0) is 11.2 Å². The Kier molecular flexibility index (Phi) is 3.59. The van der Waals surface area contributed by atoms with Crippen molar-refractivity contribution in [3.05, 3.63) is 52.6 Å². The van der Waals surface area contributed by atoms with E-state index in [0.29, 0.717) is 12.2 Å². The molecule has 1 N–H and O–H groups in total. The Morgan fingerprint density at radius 2 is 1.96 bits per heavy atom. The first-order chi connectivity index (χ1) is 11.6. The number of hydrogen-bond acceptors (Lipinski definition) is 4. The minimum absolute atomic E-state index is 0.120. The number of nitrogens with zero attached hydrogens (tertiary/aromatic N) is 3. The van der Waals surface area contributed by atoms with Gasteiger partial charge in [0.2, 0.25) is 0 Å². The largest absolute Gasteiger partial charge is 0.480 e. The number of anilines is 2. The summed E-state index contributed by atoms with van der Waals surface area (Å²) in [4.78, 5) is 29.9. The van der Waals surface area contributed by atoms with E-state index in [9.17, 15) is 14.7 Å². The van der Waals surface area contributed by atoms with Crippen LogP contribution in [0.3, 0.4) is 0 Å². The first-order valence-corrected chi connectivity index (χ1v) is 8.33. The van der Waals surface area contributed by atoms with E-state index in [1.807, 2.05) is 24.3 Å². The molecular weight excluding hydrogens is 306 g/mol. The van der Waals surface area contributed by atoms with Crippen molar-refractivity contribution in [2.45, 2.75) is 44.2 Å². The molecule has 124 valence electrons. The number of aromatic nitrogens is 2. The van der Waals surface area contributed by atoms with E-state index in [1.165, 1.54) is 6.20 Å². The van der Waals surface area contributed by atoms with Crippen LogP contribution in [0.5, 0.6) is 0 Å². The molecule has 1 aliphatic heterocycles. The van der Waals surface area contributed by atoms with Crippen molar-refractivity contribution in [1.29, 1.82) is 0 Å². The average molecular weight is 325 g/mol. The van der Waals surface area contributed by atoms with E-state index in [4.69, 9.17) is 0 Å². The van der Waals surface area contributed by atoms with Gasteiger partial charge in [-0.1, -0.05) is 31.0 Å². The van der Waals surface area contributed by atoms with Crippen molar-refractivity contribution >= 4 is 17.5 Å². The van der Waals surface area contributed by atoms with Crippen LogP contribution in [0.4, 0.5) is 11.5 Å². The second-order valence-electron chi connectivity index (χ2n) is 6.49. The average Bonchev–Trinajstić information content (AvgIpc) is 3.23. The lowest BCUT2D eigenvalue weighted by Gasteiger charge is -2.25. The normalized spacial score (nSPS) is 20.3. The maximum absolute atomic E-state index is 12.2. The number of aliphatic carboxylic acids is 1. The van der Waals surface area contributed by atoms with Crippen molar-refractivity contribution in [1.82, 2.24) is 9.55 Å². The molecule has 4 rings (SSSR count). The van der Waals surface area contributed by atoms with Crippen LogP contribution >= 0.6 is 0 Å². The zero-order valence-corrected chi connectivity index (χ0v) is 13.3. The molecule has 0 amide bonds. The van der Waals surface area contributed by atoms with Crippen molar-refractivity contribution < 1.29 is 9.90 Å². The smallest absolute Gasteiger partial charge is 0.327 e. The van der Waals surface area contributed by atoms with Gasteiger partial charge in [-0.2, -0.15) is 0 Å². The molecule has 2 heterocycles. The molecule has 1 aromatic heterocycles. The number of rotatable bonds is 3. The summed E-state index contributed by atoms with van der Waals surface area (Å²) in [5, 5.41) is 9.61. The minimum atomic E-state index is -0.883. The molecule has 6 nitrogen and oxygen atoms in total. The van der Waals surface area contributed by atoms with Gasteiger partial charge >= 0.3 is 5.97 Å². The van der Waals surface area contributed by atoms with Gasteiger partial charge in [-0.05, 0) is 24.5 Å². The topological polar surface area (TPSA) is 75.4 Å². The molecule has 2 aliphatic rings. The summed E-state index contributed by atoms with van der Waals surface area (Å²) >= 11 is 0. The zero-order valence-electron chi connectivity index (χ0n) is 13.3. The SMILES string of the molecule is O=C(O)[C@@H]1Cc2ccccc2N1c1cn(C2CCCC2)c(=O)cn1.